The van der Waals surface area contributed by atoms with Crippen LogP contribution >= 0.6 is 15.9 Å². The Hall–Kier alpha value is -1.31. The van der Waals surface area contributed by atoms with E-state index in [0.29, 0.717) is 0 Å². The van der Waals surface area contributed by atoms with E-state index in [9.17, 15) is 17.6 Å². The smallest absolute Gasteiger partial charge is 0.384 e. The minimum Gasteiger partial charge on any atom is -0.384 e. The van der Waals surface area contributed by atoms with Crippen molar-refractivity contribution in [3.05, 3.63) is 28.0 Å². The molecule has 0 radical (unpaired) electrons. The fourth-order valence-corrected chi connectivity index (χ4v) is 2.12. The van der Waals surface area contributed by atoms with Gasteiger partial charge in [0.25, 0.3) is 0 Å². The van der Waals surface area contributed by atoms with E-state index in [0.717, 1.165) is 4.90 Å². The molecule has 0 amide bonds. The molecule has 0 saturated carbocycles. The first-order chi connectivity index (χ1) is 8.67. The predicted octanol–water partition coefficient (Wildman–Crippen LogP) is 3.26. The van der Waals surface area contributed by atoms with Crippen molar-refractivity contribution in [3.63, 3.8) is 0 Å². The van der Waals surface area contributed by atoms with Crippen molar-refractivity contribution in [1.82, 2.24) is 0 Å². The van der Waals surface area contributed by atoms with Crippen molar-refractivity contribution in [1.29, 1.82) is 5.41 Å². The van der Waals surface area contributed by atoms with E-state index >= 15 is 0 Å². The van der Waals surface area contributed by atoms with Crippen LogP contribution in [-0.4, -0.2) is 25.1 Å². The summed E-state index contributed by atoms with van der Waals surface area (Å²) in [6.45, 7) is 0.256. The van der Waals surface area contributed by atoms with Crippen LogP contribution in [0.4, 0.5) is 23.2 Å². The average Bonchev–Trinajstić information content (AvgIpc) is 2.28. The highest BCUT2D eigenvalue weighted by Crippen LogP contribution is 2.31. The van der Waals surface area contributed by atoms with Crippen molar-refractivity contribution < 1.29 is 17.6 Å². The Bertz CT molecular complexity index is 488. The number of alkyl halides is 3. The van der Waals surface area contributed by atoms with Crippen molar-refractivity contribution >= 4 is 27.5 Å². The fraction of sp³-hybridized carbons (Fsp3) is 0.364. The SMILES string of the molecule is CCN(CC(F)(F)F)c1ccc(C(=N)N)c(Br)c1F. The molecule has 0 saturated heterocycles. The molecular formula is C11H12BrF4N3. The predicted molar refractivity (Wildman–Crippen MR) is 69.1 cm³/mol. The van der Waals surface area contributed by atoms with E-state index in [-0.39, 0.29) is 28.1 Å². The zero-order chi connectivity index (χ0) is 14.8. The monoisotopic (exact) mass is 341 g/mol. The average molecular weight is 342 g/mol. The third kappa shape index (κ3) is 3.82. The fourth-order valence-electron chi connectivity index (χ4n) is 1.58. The zero-order valence-electron chi connectivity index (χ0n) is 9.98. The minimum absolute atomic E-state index is 0.00227. The van der Waals surface area contributed by atoms with Crippen LogP contribution in [0.2, 0.25) is 0 Å². The summed E-state index contributed by atoms with van der Waals surface area (Å²) in [5, 5.41) is 7.23. The van der Waals surface area contributed by atoms with Crippen molar-refractivity contribution in [3.8, 4) is 0 Å². The maximum Gasteiger partial charge on any atom is 0.405 e. The van der Waals surface area contributed by atoms with Crippen LogP contribution in [0, 0.1) is 11.2 Å². The van der Waals surface area contributed by atoms with E-state index in [1.807, 2.05) is 0 Å². The largest absolute Gasteiger partial charge is 0.405 e. The molecule has 19 heavy (non-hydrogen) atoms. The van der Waals surface area contributed by atoms with Gasteiger partial charge in [-0.2, -0.15) is 13.2 Å². The lowest BCUT2D eigenvalue weighted by atomic mass is 10.1. The van der Waals surface area contributed by atoms with Crippen LogP contribution in [0.5, 0.6) is 0 Å². The topological polar surface area (TPSA) is 53.1 Å². The van der Waals surface area contributed by atoms with Crippen LogP contribution in [0.1, 0.15) is 12.5 Å². The summed E-state index contributed by atoms with van der Waals surface area (Å²) in [7, 11) is 0. The van der Waals surface area contributed by atoms with Gasteiger partial charge in [-0.3, -0.25) is 5.41 Å². The first-order valence-electron chi connectivity index (χ1n) is 5.31. The zero-order valence-corrected chi connectivity index (χ0v) is 11.6. The Morgan fingerprint density at radius 2 is 2.00 bits per heavy atom. The first kappa shape index (κ1) is 15.7. The van der Waals surface area contributed by atoms with Gasteiger partial charge in [-0.05, 0) is 35.0 Å². The highest BCUT2D eigenvalue weighted by molar-refractivity contribution is 9.10. The van der Waals surface area contributed by atoms with Gasteiger partial charge in [-0.1, -0.05) is 0 Å². The number of halogens is 5. The second-order valence-corrected chi connectivity index (χ2v) is 4.60. The molecule has 106 valence electrons. The summed E-state index contributed by atoms with van der Waals surface area (Å²) in [5.74, 6) is -1.23. The van der Waals surface area contributed by atoms with Crippen molar-refractivity contribution in [2.45, 2.75) is 13.1 Å². The lowest BCUT2D eigenvalue weighted by molar-refractivity contribution is -0.119. The Kier molecular flexibility index (Phi) is 4.78. The summed E-state index contributed by atoms with van der Waals surface area (Å²) < 4.78 is 51.1. The van der Waals surface area contributed by atoms with Crippen LogP contribution < -0.4 is 10.6 Å². The molecule has 0 spiro atoms. The molecule has 3 N–H and O–H groups in total. The quantitative estimate of drug-likeness (QED) is 0.501. The second-order valence-electron chi connectivity index (χ2n) is 3.80. The third-order valence-corrected chi connectivity index (χ3v) is 3.22. The number of hydrogen-bond acceptors (Lipinski definition) is 2. The lowest BCUT2D eigenvalue weighted by Crippen LogP contribution is -2.34. The molecule has 3 nitrogen and oxygen atoms in total. The van der Waals surface area contributed by atoms with Gasteiger partial charge in [-0.25, -0.2) is 4.39 Å². The highest BCUT2D eigenvalue weighted by Gasteiger charge is 2.31. The highest BCUT2D eigenvalue weighted by atomic mass is 79.9. The standard InChI is InChI=1S/C11H12BrF4N3/c1-2-19(5-11(14,15)16)7-4-3-6(10(17)18)8(12)9(7)13/h3-4H,2,5H2,1H3,(H3,17,18). The molecule has 8 heteroatoms. The number of nitrogens with two attached hydrogens (primary N) is 1. The van der Waals surface area contributed by atoms with Gasteiger partial charge in [0.1, 0.15) is 12.4 Å². The lowest BCUT2D eigenvalue weighted by Gasteiger charge is -2.25. The van der Waals surface area contributed by atoms with Gasteiger partial charge >= 0.3 is 6.18 Å². The number of nitrogen functional groups attached to an aromatic ring is 1. The summed E-state index contributed by atoms with van der Waals surface area (Å²) >= 11 is 2.91. The number of anilines is 1. The molecule has 0 fully saturated rings. The first-order valence-corrected chi connectivity index (χ1v) is 6.10. The van der Waals surface area contributed by atoms with Gasteiger partial charge in [0.05, 0.1) is 10.2 Å². The van der Waals surface area contributed by atoms with E-state index in [2.05, 4.69) is 15.9 Å². The van der Waals surface area contributed by atoms with E-state index < -0.39 is 18.5 Å². The number of nitrogens with zero attached hydrogens (tertiary/aromatic N) is 1. The number of amidine groups is 1. The molecule has 0 bridgehead atoms. The molecule has 0 unspecified atom stereocenters. The molecular weight excluding hydrogens is 330 g/mol. The molecule has 0 atom stereocenters. The molecule has 0 aliphatic heterocycles. The Labute approximate surface area is 116 Å². The van der Waals surface area contributed by atoms with E-state index in [4.69, 9.17) is 11.1 Å². The molecule has 0 aromatic heterocycles. The van der Waals surface area contributed by atoms with Crippen LogP contribution in [0.25, 0.3) is 0 Å². The number of benzene rings is 1. The summed E-state index contributed by atoms with van der Waals surface area (Å²) in [6.07, 6.45) is -4.42. The van der Waals surface area contributed by atoms with Gasteiger partial charge in [0, 0.05) is 12.1 Å². The Morgan fingerprint density at radius 3 is 2.42 bits per heavy atom. The molecule has 1 aromatic rings. The molecule has 1 aromatic carbocycles. The minimum atomic E-state index is -4.42. The maximum absolute atomic E-state index is 14.0. The molecule has 1 rings (SSSR count). The summed E-state index contributed by atoms with van der Waals surface area (Å²) in [5.41, 5.74) is 5.15. The number of rotatable bonds is 4. The second kappa shape index (κ2) is 5.77. The summed E-state index contributed by atoms with van der Waals surface area (Å²) in [6, 6.07) is 2.50. The van der Waals surface area contributed by atoms with Crippen LogP contribution in [0.3, 0.4) is 0 Å². The molecule has 0 heterocycles. The molecule has 0 aliphatic rings. The normalized spacial score (nSPS) is 11.5. The Balaban J connectivity index is 3.20. The van der Waals surface area contributed by atoms with Gasteiger partial charge in [0.15, 0.2) is 5.82 Å². The van der Waals surface area contributed by atoms with Crippen LogP contribution in [0.15, 0.2) is 16.6 Å². The van der Waals surface area contributed by atoms with Crippen molar-refractivity contribution in [2.24, 2.45) is 5.73 Å². The van der Waals surface area contributed by atoms with Crippen LogP contribution in [-0.2, 0) is 0 Å². The summed E-state index contributed by atoms with van der Waals surface area (Å²) in [4.78, 5) is 0.865. The van der Waals surface area contributed by atoms with Crippen molar-refractivity contribution in [2.75, 3.05) is 18.0 Å². The van der Waals surface area contributed by atoms with Gasteiger partial charge in [0.2, 0.25) is 0 Å². The number of hydrogen-bond donors (Lipinski definition) is 2. The van der Waals surface area contributed by atoms with E-state index in [1.165, 1.54) is 19.1 Å². The van der Waals surface area contributed by atoms with Gasteiger partial charge in [-0.15, -0.1) is 0 Å². The maximum atomic E-state index is 14.0. The third-order valence-electron chi connectivity index (χ3n) is 2.44. The number of nitrogens with one attached hydrogen (secondary N) is 1. The molecule has 0 aliphatic carbocycles. The Morgan fingerprint density at radius 1 is 1.42 bits per heavy atom. The van der Waals surface area contributed by atoms with Gasteiger partial charge < -0.3 is 10.6 Å². The van der Waals surface area contributed by atoms with E-state index in [1.54, 1.807) is 0 Å².